The fourth-order valence-electron chi connectivity index (χ4n) is 3.97. The van der Waals surface area contributed by atoms with Gasteiger partial charge in [0.15, 0.2) is 0 Å². The third-order valence-corrected chi connectivity index (χ3v) is 5.65. The summed E-state index contributed by atoms with van der Waals surface area (Å²) in [7, 11) is 0. The van der Waals surface area contributed by atoms with Gasteiger partial charge in [0.05, 0.1) is 5.69 Å². The first-order chi connectivity index (χ1) is 12.0. The minimum absolute atomic E-state index is 0.0315. The molecule has 3 rings (SSSR count). The lowest BCUT2D eigenvalue weighted by molar-refractivity contribution is -0.136. The van der Waals surface area contributed by atoms with E-state index in [9.17, 15) is 9.59 Å². The molecule has 25 heavy (non-hydrogen) atoms. The molecule has 6 heteroatoms. The van der Waals surface area contributed by atoms with E-state index in [0.717, 1.165) is 43.6 Å². The molecule has 0 saturated carbocycles. The molecule has 2 saturated heterocycles. The molecular weight excluding hydrogens is 316 g/mol. The third kappa shape index (κ3) is 4.48. The molecule has 1 aromatic rings. The highest BCUT2D eigenvalue weighted by atomic mass is 16.2. The summed E-state index contributed by atoms with van der Waals surface area (Å²) in [6.07, 6.45) is 6.97. The Labute approximate surface area is 149 Å². The van der Waals surface area contributed by atoms with Gasteiger partial charge in [-0.05, 0) is 71.0 Å². The minimum atomic E-state index is -0.193. The number of piperidine rings is 1. The number of amides is 1. The average Bonchev–Trinajstić information content (AvgIpc) is 3.11. The van der Waals surface area contributed by atoms with Crippen LogP contribution in [0, 0.1) is 13.8 Å². The first kappa shape index (κ1) is 18.1. The van der Waals surface area contributed by atoms with E-state index in [-0.39, 0.29) is 18.0 Å². The lowest BCUT2D eigenvalue weighted by Gasteiger charge is -2.36. The molecule has 0 bridgehead atoms. The summed E-state index contributed by atoms with van der Waals surface area (Å²) in [6, 6.07) is 1.88. The highest BCUT2D eigenvalue weighted by Gasteiger charge is 2.27. The molecule has 3 heterocycles. The summed E-state index contributed by atoms with van der Waals surface area (Å²) in [5, 5.41) is 4.29. The maximum atomic E-state index is 12.8. The van der Waals surface area contributed by atoms with Crippen molar-refractivity contribution in [3.63, 3.8) is 0 Å². The summed E-state index contributed by atoms with van der Waals surface area (Å²) in [6.45, 7) is 8.08. The predicted molar refractivity (Wildman–Crippen MR) is 97.6 cm³/mol. The molecule has 0 aromatic carbocycles. The monoisotopic (exact) mass is 346 g/mol. The minimum Gasteiger partial charge on any atom is -0.338 e. The number of carbonyl (C=O) groups is 1. The van der Waals surface area contributed by atoms with Gasteiger partial charge in [0.1, 0.15) is 6.54 Å². The van der Waals surface area contributed by atoms with Crippen molar-refractivity contribution in [1.29, 1.82) is 0 Å². The number of carbonyl (C=O) groups excluding carboxylic acids is 1. The SMILES string of the molecule is Cc1cc(=O)n(CC(=O)N2CCCC[C@H]2CCN2CCCC2)nc1C. The van der Waals surface area contributed by atoms with Crippen LogP contribution in [0.25, 0.3) is 0 Å². The van der Waals surface area contributed by atoms with E-state index in [1.807, 2.05) is 18.7 Å². The fraction of sp³-hybridized carbons (Fsp3) is 0.737. The van der Waals surface area contributed by atoms with Gasteiger partial charge in [-0.1, -0.05) is 0 Å². The Morgan fingerprint density at radius 3 is 2.64 bits per heavy atom. The summed E-state index contributed by atoms with van der Waals surface area (Å²) in [5.41, 5.74) is 1.48. The third-order valence-electron chi connectivity index (χ3n) is 5.65. The molecule has 0 unspecified atom stereocenters. The van der Waals surface area contributed by atoms with Gasteiger partial charge in [0, 0.05) is 25.2 Å². The van der Waals surface area contributed by atoms with Gasteiger partial charge < -0.3 is 9.80 Å². The van der Waals surface area contributed by atoms with Crippen molar-refractivity contribution in [2.45, 2.75) is 65.0 Å². The van der Waals surface area contributed by atoms with Crippen LogP contribution in [-0.4, -0.2) is 57.7 Å². The average molecular weight is 346 g/mol. The topological polar surface area (TPSA) is 58.4 Å². The van der Waals surface area contributed by atoms with Crippen molar-refractivity contribution in [2.24, 2.45) is 0 Å². The number of aryl methyl sites for hydroxylation is 2. The second kappa shape index (κ2) is 8.13. The first-order valence-corrected chi connectivity index (χ1v) is 9.62. The number of nitrogens with zero attached hydrogens (tertiary/aromatic N) is 4. The van der Waals surface area contributed by atoms with E-state index in [4.69, 9.17) is 0 Å². The standard InChI is InChI=1S/C19H30N4O2/c1-15-13-18(24)23(20-16(15)2)14-19(25)22-11-4-3-7-17(22)8-12-21-9-5-6-10-21/h13,17H,3-12,14H2,1-2H3/t17-/m0/s1. The van der Waals surface area contributed by atoms with Crippen molar-refractivity contribution in [1.82, 2.24) is 19.6 Å². The number of hydrogen-bond donors (Lipinski definition) is 0. The molecular formula is C19H30N4O2. The molecule has 0 spiro atoms. The van der Waals surface area contributed by atoms with Gasteiger partial charge in [0.2, 0.25) is 5.91 Å². The second-order valence-corrected chi connectivity index (χ2v) is 7.48. The Hall–Kier alpha value is -1.69. The molecule has 1 amide bonds. The molecule has 0 aliphatic carbocycles. The van der Waals surface area contributed by atoms with Crippen LogP contribution in [0.3, 0.4) is 0 Å². The van der Waals surface area contributed by atoms with Gasteiger partial charge >= 0.3 is 0 Å². The van der Waals surface area contributed by atoms with E-state index in [2.05, 4.69) is 10.00 Å². The van der Waals surface area contributed by atoms with Crippen LogP contribution >= 0.6 is 0 Å². The van der Waals surface area contributed by atoms with Crippen LogP contribution in [0.1, 0.15) is 49.8 Å². The van der Waals surface area contributed by atoms with E-state index in [1.165, 1.54) is 37.0 Å². The van der Waals surface area contributed by atoms with E-state index < -0.39 is 0 Å². The molecule has 6 nitrogen and oxygen atoms in total. The van der Waals surface area contributed by atoms with Crippen molar-refractivity contribution >= 4 is 5.91 Å². The van der Waals surface area contributed by atoms with E-state index in [0.29, 0.717) is 6.04 Å². The Bertz CT molecular complexity index is 664. The van der Waals surface area contributed by atoms with Gasteiger partial charge in [-0.2, -0.15) is 5.10 Å². The van der Waals surface area contributed by atoms with Crippen molar-refractivity contribution in [2.75, 3.05) is 26.2 Å². The zero-order chi connectivity index (χ0) is 17.8. The van der Waals surface area contributed by atoms with Crippen LogP contribution in [0.15, 0.2) is 10.9 Å². The number of likely N-dealkylation sites (tertiary alicyclic amines) is 2. The van der Waals surface area contributed by atoms with E-state index >= 15 is 0 Å². The molecule has 138 valence electrons. The highest BCUT2D eigenvalue weighted by Crippen LogP contribution is 2.21. The van der Waals surface area contributed by atoms with Crippen molar-refractivity contribution < 1.29 is 4.79 Å². The summed E-state index contributed by atoms with van der Waals surface area (Å²) < 4.78 is 1.32. The van der Waals surface area contributed by atoms with Crippen LogP contribution in [0.4, 0.5) is 0 Å². The largest absolute Gasteiger partial charge is 0.338 e. The van der Waals surface area contributed by atoms with Crippen LogP contribution in [0.2, 0.25) is 0 Å². The lowest BCUT2D eigenvalue weighted by Crippen LogP contribution is -2.47. The highest BCUT2D eigenvalue weighted by molar-refractivity contribution is 5.76. The van der Waals surface area contributed by atoms with Gasteiger partial charge in [0.25, 0.3) is 5.56 Å². The van der Waals surface area contributed by atoms with Gasteiger partial charge in [-0.3, -0.25) is 9.59 Å². The number of rotatable bonds is 5. The normalized spacial score (nSPS) is 21.7. The predicted octanol–water partition coefficient (Wildman–Crippen LogP) is 1.73. The molecule has 0 radical (unpaired) electrons. The maximum absolute atomic E-state index is 12.8. The van der Waals surface area contributed by atoms with Crippen LogP contribution < -0.4 is 5.56 Å². The van der Waals surface area contributed by atoms with E-state index in [1.54, 1.807) is 6.07 Å². The Balaban J connectivity index is 1.64. The fourth-order valence-corrected chi connectivity index (χ4v) is 3.97. The van der Waals surface area contributed by atoms with Crippen LogP contribution in [-0.2, 0) is 11.3 Å². The maximum Gasteiger partial charge on any atom is 0.267 e. The Kier molecular flexibility index (Phi) is 5.89. The Morgan fingerprint density at radius 1 is 1.16 bits per heavy atom. The molecule has 0 N–H and O–H groups in total. The zero-order valence-corrected chi connectivity index (χ0v) is 15.5. The smallest absolute Gasteiger partial charge is 0.267 e. The lowest BCUT2D eigenvalue weighted by atomic mass is 9.99. The zero-order valence-electron chi connectivity index (χ0n) is 15.5. The molecule has 1 aromatic heterocycles. The quantitative estimate of drug-likeness (QED) is 0.815. The Morgan fingerprint density at radius 2 is 1.88 bits per heavy atom. The summed E-state index contributed by atoms with van der Waals surface area (Å²) in [4.78, 5) is 29.5. The van der Waals surface area contributed by atoms with Crippen molar-refractivity contribution in [3.05, 3.63) is 27.7 Å². The summed E-state index contributed by atoms with van der Waals surface area (Å²) >= 11 is 0. The molecule has 2 aliphatic rings. The van der Waals surface area contributed by atoms with Gasteiger partial charge in [-0.15, -0.1) is 0 Å². The molecule has 1 atom stereocenters. The van der Waals surface area contributed by atoms with Crippen LogP contribution in [0.5, 0.6) is 0 Å². The van der Waals surface area contributed by atoms with Crippen molar-refractivity contribution in [3.8, 4) is 0 Å². The second-order valence-electron chi connectivity index (χ2n) is 7.48. The molecule has 2 aliphatic heterocycles. The molecule has 2 fully saturated rings. The van der Waals surface area contributed by atoms with Gasteiger partial charge in [-0.25, -0.2) is 4.68 Å². The first-order valence-electron chi connectivity index (χ1n) is 9.62. The summed E-state index contributed by atoms with van der Waals surface area (Å²) in [5.74, 6) is 0.0315. The number of aromatic nitrogens is 2. The number of hydrogen-bond acceptors (Lipinski definition) is 4.